The number of para-hydroxylation sites is 1. The van der Waals surface area contributed by atoms with Crippen molar-refractivity contribution < 1.29 is 18.1 Å². The van der Waals surface area contributed by atoms with Gasteiger partial charge in [0.1, 0.15) is 10.5 Å². The van der Waals surface area contributed by atoms with Crippen molar-refractivity contribution in [2.45, 2.75) is 44.4 Å². The first kappa shape index (κ1) is 15.5. The predicted octanol–water partition coefficient (Wildman–Crippen LogP) is 3.28. The second-order valence-electron chi connectivity index (χ2n) is 5.94. The van der Waals surface area contributed by atoms with E-state index >= 15 is 0 Å². The van der Waals surface area contributed by atoms with Crippen LogP contribution in [0.4, 0.5) is 8.78 Å². The molecule has 0 saturated carbocycles. The first-order valence-corrected chi connectivity index (χ1v) is 7.60. The lowest BCUT2D eigenvalue weighted by atomic mass is 10.0. The van der Waals surface area contributed by atoms with E-state index in [1.807, 2.05) is 20.8 Å². The van der Waals surface area contributed by atoms with Gasteiger partial charge in [-0.25, -0.2) is 0 Å². The SMILES string of the molecule is C[C@H](N[S+]([O-])C(C)(C)C)c1cccc2c1OCC2(F)F. The van der Waals surface area contributed by atoms with E-state index in [1.165, 1.54) is 6.07 Å². The maximum Gasteiger partial charge on any atom is 0.310 e. The van der Waals surface area contributed by atoms with Gasteiger partial charge in [0.25, 0.3) is 0 Å². The maximum absolute atomic E-state index is 13.6. The number of rotatable bonds is 3. The molecule has 0 bridgehead atoms. The molecule has 1 aromatic carbocycles. The van der Waals surface area contributed by atoms with E-state index in [4.69, 9.17) is 4.74 Å². The first-order chi connectivity index (χ1) is 9.13. The molecule has 0 aliphatic carbocycles. The maximum atomic E-state index is 13.6. The summed E-state index contributed by atoms with van der Waals surface area (Å²) in [6.07, 6.45) is 0. The molecule has 2 atom stereocenters. The highest BCUT2D eigenvalue weighted by Crippen LogP contribution is 2.44. The number of hydrogen-bond acceptors (Lipinski definition) is 3. The normalized spacial score (nSPS) is 20.1. The highest BCUT2D eigenvalue weighted by Gasteiger charge is 2.43. The molecule has 20 heavy (non-hydrogen) atoms. The lowest BCUT2D eigenvalue weighted by molar-refractivity contribution is -0.0214. The van der Waals surface area contributed by atoms with Gasteiger partial charge in [-0.2, -0.15) is 8.78 Å². The van der Waals surface area contributed by atoms with Crippen molar-refractivity contribution in [1.29, 1.82) is 0 Å². The molecule has 1 aliphatic rings. The van der Waals surface area contributed by atoms with Gasteiger partial charge in [-0.05, 0) is 33.8 Å². The molecule has 2 rings (SSSR count). The monoisotopic (exact) mass is 303 g/mol. The summed E-state index contributed by atoms with van der Waals surface area (Å²) in [7, 11) is 0. The summed E-state index contributed by atoms with van der Waals surface area (Å²) in [6, 6.07) is 4.34. The van der Waals surface area contributed by atoms with Gasteiger partial charge in [0.2, 0.25) is 0 Å². The molecule has 1 N–H and O–H groups in total. The van der Waals surface area contributed by atoms with Gasteiger partial charge in [-0.15, -0.1) is 4.72 Å². The van der Waals surface area contributed by atoms with Gasteiger partial charge < -0.3 is 9.29 Å². The molecule has 0 aromatic heterocycles. The van der Waals surface area contributed by atoms with Crippen LogP contribution < -0.4 is 9.46 Å². The fraction of sp³-hybridized carbons (Fsp3) is 0.571. The first-order valence-electron chi connectivity index (χ1n) is 6.45. The third-order valence-electron chi connectivity index (χ3n) is 3.14. The molecular formula is C14H19F2NO2S. The number of fused-ring (bicyclic) bond motifs is 1. The predicted molar refractivity (Wildman–Crippen MR) is 75.3 cm³/mol. The van der Waals surface area contributed by atoms with Crippen LogP contribution in [0, 0.1) is 0 Å². The van der Waals surface area contributed by atoms with Crippen LogP contribution in [0.3, 0.4) is 0 Å². The van der Waals surface area contributed by atoms with E-state index in [0.29, 0.717) is 5.56 Å². The van der Waals surface area contributed by atoms with Gasteiger partial charge in [-0.3, -0.25) is 0 Å². The largest absolute Gasteiger partial charge is 0.598 e. The highest BCUT2D eigenvalue weighted by molar-refractivity contribution is 7.90. The average molecular weight is 303 g/mol. The smallest absolute Gasteiger partial charge is 0.310 e. The molecular weight excluding hydrogens is 284 g/mol. The van der Waals surface area contributed by atoms with E-state index in [2.05, 4.69) is 4.72 Å². The van der Waals surface area contributed by atoms with Crippen molar-refractivity contribution in [3.05, 3.63) is 29.3 Å². The molecule has 1 heterocycles. The van der Waals surface area contributed by atoms with Crippen LogP contribution in [0.2, 0.25) is 0 Å². The Morgan fingerprint density at radius 2 is 2.05 bits per heavy atom. The number of alkyl halides is 2. The molecule has 3 nitrogen and oxygen atoms in total. The molecule has 1 aromatic rings. The van der Waals surface area contributed by atoms with Gasteiger partial charge in [0, 0.05) is 16.9 Å². The third kappa shape index (κ3) is 2.92. The summed E-state index contributed by atoms with van der Waals surface area (Å²) in [5, 5.41) is 0. The molecule has 0 saturated heterocycles. The zero-order chi connectivity index (χ0) is 15.1. The van der Waals surface area contributed by atoms with Crippen LogP contribution >= 0.6 is 0 Å². The van der Waals surface area contributed by atoms with Crippen molar-refractivity contribution >= 4 is 11.4 Å². The topological polar surface area (TPSA) is 44.3 Å². The van der Waals surface area contributed by atoms with Crippen molar-refractivity contribution in [3.8, 4) is 5.75 Å². The molecule has 1 unspecified atom stereocenters. The van der Waals surface area contributed by atoms with Gasteiger partial charge in [0.15, 0.2) is 6.61 Å². The Morgan fingerprint density at radius 1 is 1.40 bits per heavy atom. The molecule has 0 amide bonds. The number of nitrogens with one attached hydrogen (secondary N) is 1. The van der Waals surface area contributed by atoms with Crippen LogP contribution in [-0.2, 0) is 17.3 Å². The van der Waals surface area contributed by atoms with Gasteiger partial charge in [0.05, 0.1) is 11.6 Å². The van der Waals surface area contributed by atoms with Crippen LogP contribution in [0.1, 0.15) is 44.9 Å². The summed E-state index contributed by atoms with van der Waals surface area (Å²) in [5.41, 5.74) is 0.516. The number of benzene rings is 1. The van der Waals surface area contributed by atoms with Crippen molar-refractivity contribution in [2.24, 2.45) is 0 Å². The van der Waals surface area contributed by atoms with Crippen LogP contribution in [-0.4, -0.2) is 15.9 Å². The molecule has 0 fully saturated rings. The Bertz CT molecular complexity index is 502. The standard InChI is InChI=1S/C14H19F2NO2S/c1-9(17-20(18)13(2,3)4)10-6-5-7-11-12(10)19-8-14(11,15)16/h5-7,9,17H,8H2,1-4H3/t9-,20?/m0/s1. The summed E-state index contributed by atoms with van der Waals surface area (Å²) >= 11 is -1.28. The Balaban J connectivity index is 2.25. The molecule has 112 valence electrons. The average Bonchev–Trinajstić information content (AvgIpc) is 2.64. The summed E-state index contributed by atoms with van der Waals surface area (Å²) < 4.78 is 47.0. The van der Waals surface area contributed by atoms with Crippen LogP contribution in [0.25, 0.3) is 0 Å². The van der Waals surface area contributed by atoms with Crippen molar-refractivity contribution in [1.82, 2.24) is 4.72 Å². The van der Waals surface area contributed by atoms with Crippen molar-refractivity contribution in [3.63, 3.8) is 0 Å². The minimum absolute atomic E-state index is 0.0924. The van der Waals surface area contributed by atoms with E-state index < -0.39 is 28.6 Å². The second-order valence-corrected chi connectivity index (χ2v) is 7.94. The number of hydrogen-bond donors (Lipinski definition) is 1. The van der Waals surface area contributed by atoms with Crippen molar-refractivity contribution in [2.75, 3.05) is 6.61 Å². The van der Waals surface area contributed by atoms with Crippen LogP contribution in [0.5, 0.6) is 5.75 Å². The fourth-order valence-electron chi connectivity index (χ4n) is 1.99. The molecule has 1 aliphatic heterocycles. The zero-order valence-corrected chi connectivity index (χ0v) is 12.8. The van der Waals surface area contributed by atoms with E-state index in [1.54, 1.807) is 19.1 Å². The number of ether oxygens (including phenoxy) is 1. The Labute approximate surface area is 121 Å². The lowest BCUT2D eigenvalue weighted by Gasteiger charge is -2.27. The highest BCUT2D eigenvalue weighted by atomic mass is 32.2. The Morgan fingerprint density at radius 3 is 2.65 bits per heavy atom. The Hall–Kier alpha value is -0.850. The molecule has 6 heteroatoms. The summed E-state index contributed by atoms with van der Waals surface area (Å²) in [5.74, 6) is -2.74. The fourth-order valence-corrected chi connectivity index (χ4v) is 2.79. The van der Waals surface area contributed by atoms with E-state index in [0.717, 1.165) is 0 Å². The zero-order valence-electron chi connectivity index (χ0n) is 12.0. The second kappa shape index (κ2) is 5.16. The minimum atomic E-state index is -2.95. The van der Waals surface area contributed by atoms with Crippen LogP contribution in [0.15, 0.2) is 18.2 Å². The summed E-state index contributed by atoms with van der Waals surface area (Å²) in [6.45, 7) is 6.71. The molecule has 0 radical (unpaired) electrons. The minimum Gasteiger partial charge on any atom is -0.598 e. The van der Waals surface area contributed by atoms with Gasteiger partial charge >= 0.3 is 5.92 Å². The quantitative estimate of drug-likeness (QED) is 0.872. The Kier molecular flexibility index (Phi) is 4.01. The molecule has 0 spiro atoms. The summed E-state index contributed by atoms with van der Waals surface area (Å²) in [4.78, 5) is 0. The van der Waals surface area contributed by atoms with E-state index in [9.17, 15) is 13.3 Å². The lowest BCUT2D eigenvalue weighted by Crippen LogP contribution is -2.40. The van der Waals surface area contributed by atoms with Gasteiger partial charge in [-0.1, -0.05) is 12.1 Å². The third-order valence-corrected chi connectivity index (χ3v) is 4.82. The van der Waals surface area contributed by atoms with E-state index in [-0.39, 0.29) is 17.4 Å². The number of halogens is 2.